The predicted molar refractivity (Wildman–Crippen MR) is 98.1 cm³/mol. The van der Waals surface area contributed by atoms with E-state index in [9.17, 15) is 18.0 Å². The van der Waals surface area contributed by atoms with E-state index in [0.29, 0.717) is 22.3 Å². The summed E-state index contributed by atoms with van der Waals surface area (Å²) in [6.07, 6.45) is -2.05. The lowest BCUT2D eigenvalue weighted by atomic mass is 9.88. The van der Waals surface area contributed by atoms with Gasteiger partial charge in [-0.25, -0.2) is 0 Å². The summed E-state index contributed by atoms with van der Waals surface area (Å²) >= 11 is 0. The Hall–Kier alpha value is -2.70. The molecule has 0 aliphatic carbocycles. The maximum Gasteiger partial charge on any atom is 0.433 e. The fraction of sp³-hybridized carbons (Fsp3) is 0.316. The SMILES string of the molecule is C=C(C=NC)C(=C)/C(=C(\C)C(=O)Nc1ccnc(C(F)(F)F)c1)C(C)C. The molecule has 1 N–H and O–H groups in total. The number of rotatable bonds is 6. The standard InChI is InChI=1S/C19H22F3N3O/c1-11(2)17(13(4)12(3)10-23-6)14(5)18(26)25-15-7-8-24-16(9-15)19(20,21)22/h7-11H,3-4H2,1-2,5-6H3,(H,24,25,26)/b17-14+,23-10?. The van der Waals surface area contributed by atoms with Crippen molar-refractivity contribution in [3.8, 4) is 0 Å². The number of carbonyl (C=O) groups is 1. The van der Waals surface area contributed by atoms with Crippen LogP contribution in [-0.4, -0.2) is 24.2 Å². The molecule has 0 bridgehead atoms. The van der Waals surface area contributed by atoms with E-state index >= 15 is 0 Å². The van der Waals surface area contributed by atoms with Crippen LogP contribution in [0.5, 0.6) is 0 Å². The summed E-state index contributed by atoms with van der Waals surface area (Å²) in [5.74, 6) is -0.561. The molecule has 26 heavy (non-hydrogen) atoms. The van der Waals surface area contributed by atoms with E-state index in [0.717, 1.165) is 12.3 Å². The minimum atomic E-state index is -4.58. The van der Waals surface area contributed by atoms with Gasteiger partial charge in [-0.15, -0.1) is 0 Å². The Labute approximate surface area is 151 Å². The molecule has 0 atom stereocenters. The highest BCUT2D eigenvalue weighted by Crippen LogP contribution is 2.30. The van der Waals surface area contributed by atoms with Crippen LogP contribution in [0.15, 0.2) is 58.8 Å². The fourth-order valence-corrected chi connectivity index (χ4v) is 2.43. The molecule has 140 valence electrons. The predicted octanol–water partition coefficient (Wildman–Crippen LogP) is 4.82. The third-order valence-corrected chi connectivity index (χ3v) is 3.63. The molecule has 0 aromatic carbocycles. The zero-order valence-electron chi connectivity index (χ0n) is 15.2. The van der Waals surface area contributed by atoms with E-state index < -0.39 is 17.8 Å². The number of allylic oxidation sites excluding steroid dienone is 3. The first-order valence-corrected chi connectivity index (χ1v) is 7.85. The first kappa shape index (κ1) is 21.3. The largest absolute Gasteiger partial charge is 0.433 e. The van der Waals surface area contributed by atoms with Gasteiger partial charge in [-0.05, 0) is 41.7 Å². The molecular formula is C19H22F3N3O. The van der Waals surface area contributed by atoms with Crippen molar-refractivity contribution in [3.63, 3.8) is 0 Å². The fourth-order valence-electron chi connectivity index (χ4n) is 2.43. The molecule has 0 radical (unpaired) electrons. The second-order valence-electron chi connectivity index (χ2n) is 5.97. The smallest absolute Gasteiger partial charge is 0.322 e. The van der Waals surface area contributed by atoms with Crippen molar-refractivity contribution in [1.29, 1.82) is 0 Å². The summed E-state index contributed by atoms with van der Waals surface area (Å²) in [4.78, 5) is 19.7. The highest BCUT2D eigenvalue weighted by Gasteiger charge is 2.32. The molecule has 0 aliphatic rings. The quantitative estimate of drug-likeness (QED) is 0.446. The summed E-state index contributed by atoms with van der Waals surface area (Å²) in [6, 6.07) is 2.09. The minimum absolute atomic E-state index is 0.0133. The molecule has 1 aromatic heterocycles. The first-order chi connectivity index (χ1) is 12.0. The Kier molecular flexibility index (Phi) is 7.06. The van der Waals surface area contributed by atoms with E-state index in [-0.39, 0.29) is 11.6 Å². The van der Waals surface area contributed by atoms with Crippen molar-refractivity contribution in [2.75, 3.05) is 12.4 Å². The minimum Gasteiger partial charge on any atom is -0.322 e. The summed E-state index contributed by atoms with van der Waals surface area (Å²) < 4.78 is 38.2. The number of halogens is 3. The van der Waals surface area contributed by atoms with Gasteiger partial charge in [0.05, 0.1) is 0 Å². The zero-order valence-corrected chi connectivity index (χ0v) is 15.2. The molecule has 4 nitrogen and oxygen atoms in total. The first-order valence-electron chi connectivity index (χ1n) is 7.85. The third-order valence-electron chi connectivity index (χ3n) is 3.63. The third kappa shape index (κ3) is 5.40. The molecule has 0 unspecified atom stereocenters. The number of anilines is 1. The van der Waals surface area contributed by atoms with Crippen LogP contribution in [0.4, 0.5) is 18.9 Å². The van der Waals surface area contributed by atoms with Crippen molar-refractivity contribution < 1.29 is 18.0 Å². The van der Waals surface area contributed by atoms with Gasteiger partial charge < -0.3 is 5.32 Å². The summed E-state index contributed by atoms with van der Waals surface area (Å²) in [5.41, 5.74) is 1.08. The number of amides is 1. The molecule has 0 saturated heterocycles. The van der Waals surface area contributed by atoms with Gasteiger partial charge in [0.25, 0.3) is 5.91 Å². The lowest BCUT2D eigenvalue weighted by molar-refractivity contribution is -0.141. The van der Waals surface area contributed by atoms with Gasteiger partial charge in [0.2, 0.25) is 0 Å². The van der Waals surface area contributed by atoms with Crippen LogP contribution in [-0.2, 0) is 11.0 Å². The molecular weight excluding hydrogens is 343 g/mol. The van der Waals surface area contributed by atoms with Gasteiger partial charge in [0.15, 0.2) is 0 Å². The number of hydrogen-bond acceptors (Lipinski definition) is 3. The maximum absolute atomic E-state index is 12.7. The van der Waals surface area contributed by atoms with Gasteiger partial charge in [0, 0.05) is 30.7 Å². The number of hydrogen-bond donors (Lipinski definition) is 1. The summed E-state index contributed by atoms with van der Waals surface area (Å²) in [7, 11) is 1.60. The van der Waals surface area contributed by atoms with Crippen LogP contribution >= 0.6 is 0 Å². The topological polar surface area (TPSA) is 54.4 Å². The van der Waals surface area contributed by atoms with E-state index in [1.54, 1.807) is 14.0 Å². The summed E-state index contributed by atoms with van der Waals surface area (Å²) in [6.45, 7) is 13.2. The molecule has 1 aromatic rings. The van der Waals surface area contributed by atoms with Gasteiger partial charge in [0.1, 0.15) is 5.69 Å². The van der Waals surface area contributed by atoms with Crippen LogP contribution < -0.4 is 5.32 Å². The Balaban J connectivity index is 3.18. The van der Waals surface area contributed by atoms with Crippen LogP contribution in [0.2, 0.25) is 0 Å². The van der Waals surface area contributed by atoms with Crippen molar-refractivity contribution in [3.05, 3.63) is 59.5 Å². The Morgan fingerprint density at radius 2 is 1.96 bits per heavy atom. The molecule has 1 amide bonds. The van der Waals surface area contributed by atoms with Crippen molar-refractivity contribution in [2.24, 2.45) is 10.9 Å². The molecule has 0 aliphatic heterocycles. The van der Waals surface area contributed by atoms with Crippen molar-refractivity contribution in [1.82, 2.24) is 4.98 Å². The highest BCUT2D eigenvalue weighted by molar-refractivity contribution is 6.05. The molecule has 1 heterocycles. The van der Waals surface area contributed by atoms with Crippen LogP contribution in [0, 0.1) is 5.92 Å². The van der Waals surface area contributed by atoms with E-state index in [2.05, 4.69) is 28.5 Å². The number of alkyl halides is 3. The number of nitrogens with one attached hydrogen (secondary N) is 1. The average Bonchev–Trinajstić information content (AvgIpc) is 2.54. The van der Waals surface area contributed by atoms with E-state index in [1.807, 2.05) is 13.8 Å². The molecule has 0 spiro atoms. The van der Waals surface area contributed by atoms with Crippen LogP contribution in [0.1, 0.15) is 26.5 Å². The number of aliphatic imine (C=N–C) groups is 1. The van der Waals surface area contributed by atoms with Crippen molar-refractivity contribution >= 4 is 17.8 Å². The van der Waals surface area contributed by atoms with Crippen molar-refractivity contribution in [2.45, 2.75) is 26.9 Å². The van der Waals surface area contributed by atoms with Gasteiger partial charge in [-0.1, -0.05) is 27.0 Å². The van der Waals surface area contributed by atoms with E-state index in [4.69, 9.17) is 0 Å². The normalized spacial score (nSPS) is 12.9. The Bertz CT molecular complexity index is 774. The Morgan fingerprint density at radius 1 is 1.35 bits per heavy atom. The van der Waals surface area contributed by atoms with Crippen LogP contribution in [0.25, 0.3) is 0 Å². The Morgan fingerprint density at radius 3 is 2.46 bits per heavy atom. The lowest BCUT2D eigenvalue weighted by Gasteiger charge is -2.18. The van der Waals surface area contributed by atoms with Gasteiger partial charge >= 0.3 is 6.18 Å². The second-order valence-corrected chi connectivity index (χ2v) is 5.97. The maximum atomic E-state index is 12.7. The highest BCUT2D eigenvalue weighted by atomic mass is 19.4. The number of nitrogens with zero attached hydrogens (tertiary/aromatic N) is 2. The molecule has 7 heteroatoms. The number of carbonyl (C=O) groups excluding carboxylic acids is 1. The number of pyridine rings is 1. The lowest BCUT2D eigenvalue weighted by Crippen LogP contribution is -2.18. The monoisotopic (exact) mass is 365 g/mol. The van der Waals surface area contributed by atoms with E-state index in [1.165, 1.54) is 12.3 Å². The average molecular weight is 365 g/mol. The number of aromatic nitrogens is 1. The summed E-state index contributed by atoms with van der Waals surface area (Å²) in [5, 5.41) is 2.47. The van der Waals surface area contributed by atoms with Crippen LogP contribution in [0.3, 0.4) is 0 Å². The zero-order chi connectivity index (χ0) is 20.1. The van der Waals surface area contributed by atoms with Gasteiger partial charge in [-0.3, -0.25) is 14.8 Å². The molecule has 0 fully saturated rings. The molecule has 1 rings (SSSR count). The second kappa shape index (κ2) is 8.60. The molecule has 0 saturated carbocycles. The van der Waals surface area contributed by atoms with Gasteiger partial charge in [-0.2, -0.15) is 13.2 Å².